The standard InChI is InChI=1S/C20H29ClN4O4/c1-2-29-18(26)7-11-23-19(27)22-10-6-15-8-12-25(13-9-15)20(28)24-17-5-3-4-16(21)14-17/h3-5,14-15H,2,6-13H2,1H3,(H,24,28)(H2,22,23,27). The molecule has 0 bridgehead atoms. The minimum absolute atomic E-state index is 0.121. The van der Waals surface area contributed by atoms with E-state index in [4.69, 9.17) is 16.3 Å². The third-order valence-corrected chi connectivity index (χ3v) is 4.97. The molecule has 1 heterocycles. The maximum absolute atomic E-state index is 12.4. The number of carbonyl (C=O) groups is 3. The molecule has 1 fully saturated rings. The van der Waals surface area contributed by atoms with Gasteiger partial charge in [-0.1, -0.05) is 17.7 Å². The number of nitrogens with one attached hydrogen (secondary N) is 3. The molecule has 8 nitrogen and oxygen atoms in total. The zero-order valence-corrected chi connectivity index (χ0v) is 17.5. The molecule has 1 aliphatic rings. The Morgan fingerprint density at radius 3 is 2.59 bits per heavy atom. The Hall–Kier alpha value is -2.48. The topological polar surface area (TPSA) is 99.8 Å². The zero-order chi connectivity index (χ0) is 21.1. The summed E-state index contributed by atoms with van der Waals surface area (Å²) in [6.07, 6.45) is 2.82. The van der Waals surface area contributed by atoms with Crippen LogP contribution in [0, 0.1) is 5.92 Å². The average Bonchev–Trinajstić information content (AvgIpc) is 2.69. The Labute approximate surface area is 176 Å². The van der Waals surface area contributed by atoms with Crippen LogP contribution in [0.4, 0.5) is 15.3 Å². The van der Waals surface area contributed by atoms with Gasteiger partial charge < -0.3 is 25.6 Å². The van der Waals surface area contributed by atoms with Gasteiger partial charge in [0.15, 0.2) is 0 Å². The quantitative estimate of drug-likeness (QED) is 0.558. The third-order valence-electron chi connectivity index (χ3n) is 4.74. The molecular formula is C20H29ClN4O4. The molecule has 1 aromatic carbocycles. The SMILES string of the molecule is CCOC(=O)CCNC(=O)NCCC1CCN(C(=O)Nc2cccc(Cl)c2)CC1. The van der Waals surface area contributed by atoms with E-state index >= 15 is 0 Å². The summed E-state index contributed by atoms with van der Waals surface area (Å²) in [5.41, 5.74) is 0.683. The van der Waals surface area contributed by atoms with Crippen molar-refractivity contribution in [3.8, 4) is 0 Å². The van der Waals surface area contributed by atoms with Crippen molar-refractivity contribution in [1.82, 2.24) is 15.5 Å². The molecule has 0 aromatic heterocycles. The smallest absolute Gasteiger partial charge is 0.321 e. The van der Waals surface area contributed by atoms with Crippen molar-refractivity contribution in [1.29, 1.82) is 0 Å². The first-order valence-electron chi connectivity index (χ1n) is 9.96. The molecule has 160 valence electrons. The summed E-state index contributed by atoms with van der Waals surface area (Å²) in [4.78, 5) is 37.1. The maximum Gasteiger partial charge on any atom is 0.321 e. The average molecular weight is 425 g/mol. The van der Waals surface area contributed by atoms with Gasteiger partial charge in [0.05, 0.1) is 13.0 Å². The molecule has 4 amide bonds. The van der Waals surface area contributed by atoms with Crippen LogP contribution in [0.5, 0.6) is 0 Å². The number of ether oxygens (including phenoxy) is 1. The van der Waals surface area contributed by atoms with E-state index in [1.54, 1.807) is 36.1 Å². The Balaban J connectivity index is 1.58. The fraction of sp³-hybridized carbons (Fsp3) is 0.550. The Kier molecular flexibility index (Phi) is 9.56. The zero-order valence-electron chi connectivity index (χ0n) is 16.7. The van der Waals surface area contributed by atoms with E-state index in [2.05, 4.69) is 16.0 Å². The summed E-state index contributed by atoms with van der Waals surface area (Å²) in [6, 6.07) is 6.68. The van der Waals surface area contributed by atoms with E-state index < -0.39 is 0 Å². The summed E-state index contributed by atoms with van der Waals surface area (Å²) in [7, 11) is 0. The minimum atomic E-state index is -0.320. The molecule has 3 N–H and O–H groups in total. The third kappa shape index (κ3) is 8.60. The molecule has 9 heteroatoms. The van der Waals surface area contributed by atoms with Gasteiger partial charge in [-0.05, 0) is 50.3 Å². The number of anilines is 1. The van der Waals surface area contributed by atoms with Gasteiger partial charge >= 0.3 is 18.0 Å². The molecule has 2 rings (SSSR count). The highest BCUT2D eigenvalue weighted by Crippen LogP contribution is 2.21. The molecule has 1 aliphatic heterocycles. The van der Waals surface area contributed by atoms with E-state index in [1.807, 2.05) is 0 Å². The van der Waals surface area contributed by atoms with Crippen LogP contribution in [-0.2, 0) is 9.53 Å². The van der Waals surface area contributed by atoms with Crippen molar-refractivity contribution in [3.05, 3.63) is 29.3 Å². The Morgan fingerprint density at radius 2 is 1.90 bits per heavy atom. The summed E-state index contributed by atoms with van der Waals surface area (Å²) in [5.74, 6) is 0.143. The molecule has 1 aromatic rings. The predicted octanol–water partition coefficient (Wildman–Crippen LogP) is 3.23. The molecule has 0 saturated carbocycles. The number of nitrogens with zero attached hydrogens (tertiary/aromatic N) is 1. The number of rotatable bonds is 8. The van der Waals surface area contributed by atoms with Gasteiger partial charge in [0.25, 0.3) is 0 Å². The van der Waals surface area contributed by atoms with E-state index in [-0.39, 0.29) is 31.0 Å². The number of carbonyl (C=O) groups excluding carboxylic acids is 3. The van der Waals surface area contributed by atoms with Crippen molar-refractivity contribution in [3.63, 3.8) is 0 Å². The second-order valence-electron chi connectivity index (χ2n) is 6.90. The number of amides is 4. The number of hydrogen-bond donors (Lipinski definition) is 3. The first kappa shape index (κ1) is 22.8. The summed E-state index contributed by atoms with van der Waals surface area (Å²) >= 11 is 5.94. The molecule has 0 atom stereocenters. The highest BCUT2D eigenvalue weighted by molar-refractivity contribution is 6.30. The van der Waals surface area contributed by atoms with Crippen molar-refractivity contribution >= 4 is 35.3 Å². The second-order valence-corrected chi connectivity index (χ2v) is 7.33. The highest BCUT2D eigenvalue weighted by atomic mass is 35.5. The Morgan fingerprint density at radius 1 is 1.17 bits per heavy atom. The van der Waals surface area contributed by atoms with Crippen LogP contribution in [0.15, 0.2) is 24.3 Å². The fourth-order valence-electron chi connectivity index (χ4n) is 3.16. The number of likely N-dealkylation sites (tertiary alicyclic amines) is 1. The number of urea groups is 2. The van der Waals surface area contributed by atoms with Crippen LogP contribution < -0.4 is 16.0 Å². The summed E-state index contributed by atoms with van der Waals surface area (Å²) in [5, 5.41) is 8.88. The molecule has 0 spiro atoms. The summed E-state index contributed by atoms with van der Waals surface area (Å²) in [6.45, 7) is 4.27. The monoisotopic (exact) mass is 424 g/mol. The van der Waals surface area contributed by atoms with Crippen LogP contribution in [-0.4, -0.2) is 55.7 Å². The van der Waals surface area contributed by atoms with Gasteiger partial charge in [0.1, 0.15) is 0 Å². The maximum atomic E-state index is 12.4. The lowest BCUT2D eigenvalue weighted by Gasteiger charge is -2.32. The first-order valence-corrected chi connectivity index (χ1v) is 10.3. The molecule has 1 saturated heterocycles. The molecule has 0 aliphatic carbocycles. The number of halogens is 1. The van der Waals surface area contributed by atoms with E-state index in [0.717, 1.165) is 19.3 Å². The number of benzene rings is 1. The number of piperidine rings is 1. The normalized spacial score (nSPS) is 14.2. The van der Waals surface area contributed by atoms with E-state index in [1.165, 1.54) is 0 Å². The van der Waals surface area contributed by atoms with Crippen molar-refractivity contribution < 1.29 is 19.1 Å². The van der Waals surface area contributed by atoms with Crippen LogP contribution in [0.25, 0.3) is 0 Å². The lowest BCUT2D eigenvalue weighted by Crippen LogP contribution is -2.42. The highest BCUT2D eigenvalue weighted by Gasteiger charge is 2.22. The van der Waals surface area contributed by atoms with Crippen molar-refractivity contribution in [2.45, 2.75) is 32.6 Å². The minimum Gasteiger partial charge on any atom is -0.466 e. The van der Waals surface area contributed by atoms with Gasteiger partial charge in [-0.2, -0.15) is 0 Å². The molecular weight excluding hydrogens is 396 g/mol. The van der Waals surface area contributed by atoms with Gasteiger partial charge in [-0.3, -0.25) is 4.79 Å². The number of esters is 1. The first-order chi connectivity index (χ1) is 14.0. The molecule has 29 heavy (non-hydrogen) atoms. The fourth-order valence-corrected chi connectivity index (χ4v) is 3.35. The van der Waals surface area contributed by atoms with E-state index in [9.17, 15) is 14.4 Å². The van der Waals surface area contributed by atoms with Crippen LogP contribution in [0.3, 0.4) is 0 Å². The van der Waals surface area contributed by atoms with Crippen LogP contribution >= 0.6 is 11.6 Å². The largest absolute Gasteiger partial charge is 0.466 e. The number of hydrogen-bond acceptors (Lipinski definition) is 4. The van der Waals surface area contributed by atoms with Crippen LogP contribution in [0.1, 0.15) is 32.6 Å². The van der Waals surface area contributed by atoms with Gasteiger partial charge in [-0.25, -0.2) is 9.59 Å². The van der Waals surface area contributed by atoms with Crippen molar-refractivity contribution in [2.24, 2.45) is 5.92 Å². The van der Waals surface area contributed by atoms with Crippen molar-refractivity contribution in [2.75, 3.05) is 38.1 Å². The molecule has 0 unspecified atom stereocenters. The summed E-state index contributed by atoms with van der Waals surface area (Å²) < 4.78 is 4.80. The van der Waals surface area contributed by atoms with Crippen LogP contribution in [0.2, 0.25) is 5.02 Å². The van der Waals surface area contributed by atoms with Gasteiger partial charge in [0.2, 0.25) is 0 Å². The van der Waals surface area contributed by atoms with Gasteiger partial charge in [-0.15, -0.1) is 0 Å². The lowest BCUT2D eigenvalue weighted by molar-refractivity contribution is -0.142. The second kappa shape index (κ2) is 12.2. The predicted molar refractivity (Wildman–Crippen MR) is 112 cm³/mol. The Bertz CT molecular complexity index is 693. The lowest BCUT2D eigenvalue weighted by atomic mass is 9.94. The van der Waals surface area contributed by atoms with E-state index in [0.29, 0.717) is 42.9 Å². The molecule has 0 radical (unpaired) electrons. The van der Waals surface area contributed by atoms with Gasteiger partial charge in [0, 0.05) is 36.9 Å².